The lowest BCUT2D eigenvalue weighted by Crippen LogP contribution is -2.19. The van der Waals surface area contributed by atoms with Crippen LogP contribution in [0.3, 0.4) is 0 Å². The highest BCUT2D eigenvalue weighted by atomic mass is 127. The number of rotatable bonds is 3. The van der Waals surface area contributed by atoms with Crippen molar-refractivity contribution >= 4 is 57.2 Å². The van der Waals surface area contributed by atoms with E-state index in [0.717, 1.165) is 28.3 Å². The molecule has 0 aliphatic carbocycles. The van der Waals surface area contributed by atoms with E-state index >= 15 is 0 Å². The number of aliphatic imine (C=N–C) groups is 1. The number of nitrogens with one attached hydrogen (secondary N) is 1. The SMILES string of the molecule is Cc1cc(C=C2SC(=Nc3ccccc3)NC2=O)c(C)n1-c1ccc(I)cc1. The van der Waals surface area contributed by atoms with Gasteiger partial charge in [-0.1, -0.05) is 18.2 Å². The van der Waals surface area contributed by atoms with Crippen LogP contribution in [0.15, 0.2) is 70.6 Å². The second-order valence-electron chi connectivity index (χ2n) is 6.46. The Kier molecular flexibility index (Phi) is 5.41. The van der Waals surface area contributed by atoms with E-state index < -0.39 is 0 Å². The quantitative estimate of drug-likeness (QED) is 0.377. The van der Waals surface area contributed by atoms with Crippen molar-refractivity contribution in [2.75, 3.05) is 0 Å². The van der Waals surface area contributed by atoms with Gasteiger partial charge in [-0.05, 0) is 102 Å². The fourth-order valence-electron chi connectivity index (χ4n) is 3.16. The number of para-hydroxylation sites is 1. The summed E-state index contributed by atoms with van der Waals surface area (Å²) in [6.45, 7) is 4.16. The third-order valence-electron chi connectivity index (χ3n) is 4.48. The number of halogens is 1. The molecule has 140 valence electrons. The van der Waals surface area contributed by atoms with Crippen LogP contribution in [0.4, 0.5) is 5.69 Å². The smallest absolute Gasteiger partial charge is 0.264 e. The van der Waals surface area contributed by atoms with Gasteiger partial charge in [-0.15, -0.1) is 0 Å². The predicted molar refractivity (Wildman–Crippen MR) is 125 cm³/mol. The molecule has 0 unspecified atom stereocenters. The lowest BCUT2D eigenvalue weighted by molar-refractivity contribution is -0.115. The highest BCUT2D eigenvalue weighted by molar-refractivity contribution is 14.1. The number of thioether (sulfide) groups is 1. The molecule has 2 aromatic carbocycles. The van der Waals surface area contributed by atoms with Crippen LogP contribution in [0.25, 0.3) is 11.8 Å². The molecular weight excluding hydrogens is 481 g/mol. The topological polar surface area (TPSA) is 46.4 Å². The van der Waals surface area contributed by atoms with Crippen molar-refractivity contribution in [3.63, 3.8) is 0 Å². The second kappa shape index (κ2) is 7.97. The van der Waals surface area contributed by atoms with Crippen LogP contribution in [-0.4, -0.2) is 15.6 Å². The van der Waals surface area contributed by atoms with E-state index in [1.165, 1.54) is 15.3 Å². The maximum absolute atomic E-state index is 12.4. The van der Waals surface area contributed by atoms with Crippen molar-refractivity contribution in [2.45, 2.75) is 13.8 Å². The van der Waals surface area contributed by atoms with Gasteiger partial charge >= 0.3 is 0 Å². The van der Waals surface area contributed by atoms with Crippen molar-refractivity contribution in [1.29, 1.82) is 0 Å². The first-order chi connectivity index (χ1) is 13.5. The molecule has 0 atom stereocenters. The maximum atomic E-state index is 12.4. The molecule has 3 aromatic rings. The van der Waals surface area contributed by atoms with E-state index in [0.29, 0.717) is 10.1 Å². The first-order valence-electron chi connectivity index (χ1n) is 8.81. The molecule has 0 spiro atoms. The monoisotopic (exact) mass is 499 g/mol. The Balaban J connectivity index is 1.64. The summed E-state index contributed by atoms with van der Waals surface area (Å²) in [5.41, 5.74) is 5.22. The number of aromatic nitrogens is 1. The number of nitrogens with zero attached hydrogens (tertiary/aromatic N) is 2. The number of amides is 1. The van der Waals surface area contributed by atoms with Gasteiger partial charge in [0.1, 0.15) is 0 Å². The van der Waals surface area contributed by atoms with E-state index in [4.69, 9.17) is 0 Å². The third-order valence-corrected chi connectivity index (χ3v) is 6.11. The number of hydrogen-bond acceptors (Lipinski definition) is 3. The molecule has 1 N–H and O–H groups in total. The number of benzene rings is 2. The molecule has 6 heteroatoms. The lowest BCUT2D eigenvalue weighted by atomic mass is 10.2. The summed E-state index contributed by atoms with van der Waals surface area (Å²) in [6, 6.07) is 20.2. The van der Waals surface area contributed by atoms with Crippen LogP contribution in [0, 0.1) is 17.4 Å². The Morgan fingerprint density at radius 1 is 1.07 bits per heavy atom. The molecule has 0 saturated carbocycles. The average molecular weight is 499 g/mol. The molecule has 1 aliphatic heterocycles. The normalized spacial score (nSPS) is 16.8. The van der Waals surface area contributed by atoms with Gasteiger partial charge in [-0.3, -0.25) is 4.79 Å². The third kappa shape index (κ3) is 3.93. The molecular formula is C22H18IN3OS. The van der Waals surface area contributed by atoms with Crippen LogP contribution >= 0.6 is 34.4 Å². The van der Waals surface area contributed by atoms with Crippen LogP contribution in [-0.2, 0) is 4.79 Å². The van der Waals surface area contributed by atoms with Gasteiger partial charge in [-0.2, -0.15) is 0 Å². The zero-order chi connectivity index (χ0) is 19.7. The highest BCUT2D eigenvalue weighted by Gasteiger charge is 2.24. The molecule has 1 aromatic heterocycles. The van der Waals surface area contributed by atoms with E-state index in [9.17, 15) is 4.79 Å². The van der Waals surface area contributed by atoms with Crippen molar-refractivity contribution in [1.82, 2.24) is 9.88 Å². The fourth-order valence-corrected chi connectivity index (χ4v) is 4.36. The van der Waals surface area contributed by atoms with Gasteiger partial charge in [-0.25, -0.2) is 4.99 Å². The Hall–Kier alpha value is -2.32. The molecule has 4 rings (SSSR count). The molecule has 2 heterocycles. The van der Waals surface area contributed by atoms with E-state index in [1.54, 1.807) is 0 Å². The van der Waals surface area contributed by atoms with Crippen LogP contribution < -0.4 is 5.32 Å². The van der Waals surface area contributed by atoms with Crippen molar-refractivity contribution in [2.24, 2.45) is 4.99 Å². The van der Waals surface area contributed by atoms with E-state index in [2.05, 4.69) is 81.6 Å². The van der Waals surface area contributed by atoms with Gasteiger partial charge in [0.25, 0.3) is 5.91 Å². The minimum Gasteiger partial charge on any atom is -0.318 e. The summed E-state index contributed by atoms with van der Waals surface area (Å²) in [7, 11) is 0. The molecule has 28 heavy (non-hydrogen) atoms. The number of carbonyl (C=O) groups excluding carboxylic acids is 1. The Morgan fingerprint density at radius 2 is 1.79 bits per heavy atom. The van der Waals surface area contributed by atoms with Gasteiger partial charge in [0, 0.05) is 20.6 Å². The predicted octanol–water partition coefficient (Wildman–Crippen LogP) is 5.59. The number of carbonyl (C=O) groups is 1. The Labute approximate surface area is 181 Å². The first kappa shape index (κ1) is 19.0. The Bertz CT molecular complexity index is 1100. The van der Waals surface area contributed by atoms with Gasteiger partial charge in [0.2, 0.25) is 0 Å². The fraction of sp³-hybridized carbons (Fsp3) is 0.0909. The number of amidine groups is 1. The Morgan fingerprint density at radius 3 is 2.50 bits per heavy atom. The highest BCUT2D eigenvalue weighted by Crippen LogP contribution is 2.30. The van der Waals surface area contributed by atoms with Crippen LogP contribution in [0.2, 0.25) is 0 Å². The minimum absolute atomic E-state index is 0.112. The number of hydrogen-bond donors (Lipinski definition) is 1. The van der Waals surface area contributed by atoms with Crippen LogP contribution in [0.1, 0.15) is 17.0 Å². The summed E-state index contributed by atoms with van der Waals surface area (Å²) >= 11 is 3.68. The molecule has 1 fully saturated rings. The van der Waals surface area contributed by atoms with Crippen LogP contribution in [0.5, 0.6) is 0 Å². The summed E-state index contributed by atoms with van der Waals surface area (Å²) in [4.78, 5) is 17.6. The average Bonchev–Trinajstić information content (AvgIpc) is 3.16. The number of aryl methyl sites for hydroxylation is 1. The van der Waals surface area contributed by atoms with E-state index in [1.807, 2.05) is 36.4 Å². The molecule has 1 aliphatic rings. The zero-order valence-electron chi connectivity index (χ0n) is 15.4. The van der Waals surface area contributed by atoms with Gasteiger partial charge < -0.3 is 9.88 Å². The summed E-state index contributed by atoms with van der Waals surface area (Å²) in [5, 5.41) is 3.46. The van der Waals surface area contributed by atoms with E-state index in [-0.39, 0.29) is 5.91 Å². The lowest BCUT2D eigenvalue weighted by Gasteiger charge is -2.09. The minimum atomic E-state index is -0.112. The van der Waals surface area contributed by atoms with Crippen molar-refractivity contribution in [3.05, 3.63) is 86.1 Å². The summed E-state index contributed by atoms with van der Waals surface area (Å²) in [5.74, 6) is -0.112. The van der Waals surface area contributed by atoms with Crippen molar-refractivity contribution < 1.29 is 4.79 Å². The first-order valence-corrected chi connectivity index (χ1v) is 10.7. The molecule has 1 amide bonds. The standard InChI is InChI=1S/C22H18IN3OS/c1-14-12-16(15(2)26(14)19-10-8-17(23)9-11-19)13-20-21(27)25-22(28-20)24-18-6-4-3-5-7-18/h3-13H,1-2H3,(H,24,25,27). The molecule has 0 bridgehead atoms. The largest absolute Gasteiger partial charge is 0.318 e. The maximum Gasteiger partial charge on any atom is 0.264 e. The molecule has 0 radical (unpaired) electrons. The van der Waals surface area contributed by atoms with Gasteiger partial charge in [0.05, 0.1) is 10.6 Å². The molecule has 1 saturated heterocycles. The molecule has 4 nitrogen and oxygen atoms in total. The zero-order valence-corrected chi connectivity index (χ0v) is 18.4. The van der Waals surface area contributed by atoms with Gasteiger partial charge in [0.15, 0.2) is 5.17 Å². The summed E-state index contributed by atoms with van der Waals surface area (Å²) in [6.07, 6.45) is 1.94. The summed E-state index contributed by atoms with van der Waals surface area (Å²) < 4.78 is 3.41. The van der Waals surface area contributed by atoms with Crippen molar-refractivity contribution in [3.8, 4) is 5.69 Å². The second-order valence-corrected chi connectivity index (χ2v) is 8.73.